The molecule has 11 heteroatoms. The second-order valence-electron chi connectivity index (χ2n) is 12.4. The molecule has 0 radical (unpaired) electrons. The summed E-state index contributed by atoms with van der Waals surface area (Å²) in [7, 11) is 0. The highest BCUT2D eigenvalue weighted by Gasteiger charge is 2.28. The Kier molecular flexibility index (Phi) is 8.06. The maximum Gasteiger partial charge on any atom is 0.265 e. The fourth-order valence-electron chi connectivity index (χ4n) is 6.81. The topological polar surface area (TPSA) is 103 Å². The molecular weight excluding hydrogens is 585 g/mol. The zero-order valence-electron chi connectivity index (χ0n) is 26.6. The lowest BCUT2D eigenvalue weighted by Gasteiger charge is -2.40. The van der Waals surface area contributed by atoms with Gasteiger partial charge >= 0.3 is 0 Å². The van der Waals surface area contributed by atoms with E-state index in [1.54, 1.807) is 36.7 Å². The van der Waals surface area contributed by atoms with Crippen LogP contribution in [0.25, 0.3) is 16.6 Å². The summed E-state index contributed by atoms with van der Waals surface area (Å²) in [4.78, 5) is 47.9. The molecule has 0 saturated carbocycles. The van der Waals surface area contributed by atoms with Gasteiger partial charge in [-0.05, 0) is 79.8 Å². The van der Waals surface area contributed by atoms with Gasteiger partial charge in [-0.1, -0.05) is 12.1 Å². The highest BCUT2D eigenvalue weighted by molar-refractivity contribution is 6.01. The number of fused-ring (bicyclic) bond motifs is 1. The highest BCUT2D eigenvalue weighted by atomic mass is 19.1. The van der Waals surface area contributed by atoms with Crippen molar-refractivity contribution in [2.24, 2.45) is 5.92 Å². The van der Waals surface area contributed by atoms with Crippen LogP contribution in [0.5, 0.6) is 0 Å². The van der Waals surface area contributed by atoms with E-state index in [0.29, 0.717) is 34.6 Å². The first-order valence-corrected chi connectivity index (χ1v) is 16.0. The van der Waals surface area contributed by atoms with E-state index in [-0.39, 0.29) is 35.7 Å². The summed E-state index contributed by atoms with van der Waals surface area (Å²) >= 11 is 0. The lowest BCUT2D eigenvalue weighted by molar-refractivity contribution is -0.133. The van der Waals surface area contributed by atoms with Gasteiger partial charge in [-0.25, -0.2) is 9.37 Å². The van der Waals surface area contributed by atoms with Crippen molar-refractivity contribution in [2.75, 3.05) is 60.9 Å². The van der Waals surface area contributed by atoms with Gasteiger partial charge in [0.25, 0.3) is 5.56 Å². The number of nitrogens with one attached hydrogen (secondary N) is 2. The minimum absolute atomic E-state index is 0.182. The van der Waals surface area contributed by atoms with Crippen LogP contribution in [-0.4, -0.2) is 78.1 Å². The summed E-state index contributed by atoms with van der Waals surface area (Å²) in [6, 6.07) is 17.6. The van der Waals surface area contributed by atoms with Crippen molar-refractivity contribution in [1.82, 2.24) is 19.8 Å². The second-order valence-corrected chi connectivity index (χ2v) is 12.4. The summed E-state index contributed by atoms with van der Waals surface area (Å²) in [6.45, 7) is 6.43. The van der Waals surface area contributed by atoms with Crippen molar-refractivity contribution in [3.63, 3.8) is 0 Å². The molecule has 3 saturated heterocycles. The molecule has 3 aliphatic heterocycles. The molecule has 1 aromatic heterocycles. The van der Waals surface area contributed by atoms with E-state index in [0.717, 1.165) is 70.0 Å². The van der Waals surface area contributed by atoms with Crippen LogP contribution >= 0.6 is 0 Å². The number of rotatable bonds is 7. The summed E-state index contributed by atoms with van der Waals surface area (Å²) in [5.74, 6) is -0.394. The van der Waals surface area contributed by atoms with Gasteiger partial charge in [0.1, 0.15) is 18.2 Å². The molecule has 2 amide bonds. The van der Waals surface area contributed by atoms with E-state index in [1.807, 2.05) is 12.1 Å². The van der Waals surface area contributed by atoms with Gasteiger partial charge in [0, 0.05) is 63.6 Å². The number of imide groups is 1. The number of benzene rings is 3. The Morgan fingerprint density at radius 1 is 0.891 bits per heavy atom. The quantitative estimate of drug-likeness (QED) is 0.300. The van der Waals surface area contributed by atoms with Gasteiger partial charge in [-0.2, -0.15) is 0 Å². The summed E-state index contributed by atoms with van der Waals surface area (Å²) < 4.78 is 24.5. The number of hydrogen-bond donors (Lipinski definition) is 2. The largest absolute Gasteiger partial charge is 0.374 e. The highest BCUT2D eigenvalue weighted by Crippen LogP contribution is 2.29. The number of piperazine rings is 1. The number of carbonyl (C=O) groups excluding carboxylic acids is 2. The molecule has 0 aliphatic carbocycles. The SMILES string of the molecule is [2H]c1ccc2ncn(-c3ccc(N4CCN(CC5CCN(c6ccc(NC7CCC(=O)NC7=O)cc6F)CC5)CC4)cc3)c(=O)c2c1. The van der Waals surface area contributed by atoms with Crippen LogP contribution in [0.4, 0.5) is 21.5 Å². The molecule has 4 aromatic rings. The molecule has 0 spiro atoms. The van der Waals surface area contributed by atoms with E-state index < -0.39 is 6.04 Å². The van der Waals surface area contributed by atoms with Crippen LogP contribution in [0.3, 0.4) is 0 Å². The first-order chi connectivity index (χ1) is 22.8. The maximum atomic E-state index is 15.1. The molecule has 3 aliphatic rings. The zero-order chi connectivity index (χ0) is 32.5. The lowest BCUT2D eigenvalue weighted by Crippen LogP contribution is -2.49. The van der Waals surface area contributed by atoms with Gasteiger partial charge < -0.3 is 15.1 Å². The normalized spacial score (nSPS) is 20.1. The van der Waals surface area contributed by atoms with Crippen molar-refractivity contribution in [3.8, 4) is 5.69 Å². The molecule has 238 valence electrons. The van der Waals surface area contributed by atoms with Crippen molar-refractivity contribution >= 4 is 39.8 Å². The Hall–Kier alpha value is -4.77. The minimum atomic E-state index is -0.540. The van der Waals surface area contributed by atoms with Gasteiger partial charge in [0.2, 0.25) is 11.8 Å². The van der Waals surface area contributed by atoms with Gasteiger partial charge in [-0.3, -0.25) is 29.2 Å². The van der Waals surface area contributed by atoms with Crippen molar-refractivity contribution in [2.45, 2.75) is 31.7 Å². The lowest BCUT2D eigenvalue weighted by atomic mass is 9.95. The van der Waals surface area contributed by atoms with Crippen molar-refractivity contribution in [3.05, 3.63) is 89.2 Å². The average molecular weight is 625 g/mol. The summed E-state index contributed by atoms with van der Waals surface area (Å²) in [5, 5.41) is 5.81. The van der Waals surface area contributed by atoms with Crippen LogP contribution < -0.4 is 26.0 Å². The molecule has 2 N–H and O–H groups in total. The van der Waals surface area contributed by atoms with Gasteiger partial charge in [0.05, 0.1) is 23.6 Å². The molecule has 46 heavy (non-hydrogen) atoms. The fourth-order valence-corrected chi connectivity index (χ4v) is 6.81. The maximum absolute atomic E-state index is 15.1. The molecule has 4 heterocycles. The number of amides is 2. The van der Waals surface area contributed by atoms with Crippen molar-refractivity contribution in [1.29, 1.82) is 0 Å². The van der Waals surface area contributed by atoms with E-state index in [4.69, 9.17) is 1.37 Å². The first kappa shape index (κ1) is 28.7. The molecular formula is C35H38FN7O3. The van der Waals surface area contributed by atoms with Gasteiger partial charge in [0.15, 0.2) is 0 Å². The Morgan fingerprint density at radius 2 is 1.65 bits per heavy atom. The standard InChI is InChI=1S/C35H38FN7O3/c36-29-21-25(38-31-10-12-33(44)39-34(31)45)5-11-32(29)42-15-13-24(14-16-42)22-40-17-19-41(20-18-40)26-6-8-27(9-7-26)43-23-37-30-4-2-1-3-28(30)35(43)46/h1-9,11,21,23-24,31,38H,10,12-20,22H2,(H,39,44,45)/i1D. The van der Waals surface area contributed by atoms with E-state index in [1.165, 1.54) is 10.6 Å². The van der Waals surface area contributed by atoms with Crippen LogP contribution in [0.2, 0.25) is 0 Å². The number of piperidine rings is 2. The fraction of sp³-hybridized carbons (Fsp3) is 0.371. The zero-order valence-corrected chi connectivity index (χ0v) is 25.6. The van der Waals surface area contributed by atoms with Crippen molar-refractivity contribution < 1.29 is 15.4 Å². The predicted molar refractivity (Wildman–Crippen MR) is 177 cm³/mol. The Bertz CT molecular complexity index is 1850. The van der Waals surface area contributed by atoms with E-state index in [2.05, 4.69) is 42.5 Å². The Morgan fingerprint density at radius 3 is 2.39 bits per heavy atom. The second kappa shape index (κ2) is 12.9. The summed E-state index contributed by atoms with van der Waals surface area (Å²) in [6.07, 6.45) is 4.22. The number of aromatic nitrogens is 2. The smallest absolute Gasteiger partial charge is 0.265 e. The van der Waals surface area contributed by atoms with Crippen LogP contribution in [0.15, 0.2) is 77.8 Å². The molecule has 1 atom stereocenters. The molecule has 0 bridgehead atoms. The van der Waals surface area contributed by atoms with Crippen LogP contribution in [-0.2, 0) is 9.59 Å². The third kappa shape index (κ3) is 6.32. The monoisotopic (exact) mass is 624 g/mol. The predicted octanol–water partition coefficient (Wildman–Crippen LogP) is 3.78. The number of hydrogen-bond acceptors (Lipinski definition) is 8. The summed E-state index contributed by atoms with van der Waals surface area (Å²) in [5.41, 5.74) is 3.39. The Balaban J connectivity index is 0.883. The third-order valence-electron chi connectivity index (χ3n) is 9.47. The molecule has 10 nitrogen and oxygen atoms in total. The number of halogens is 1. The van der Waals surface area contributed by atoms with Gasteiger partial charge in [-0.15, -0.1) is 0 Å². The Labute approximate surface area is 268 Å². The number of nitrogens with zero attached hydrogens (tertiary/aromatic N) is 5. The number of carbonyl (C=O) groups is 2. The molecule has 3 fully saturated rings. The number of para-hydroxylation sites is 1. The molecule has 1 unspecified atom stereocenters. The molecule has 7 rings (SSSR count). The van der Waals surface area contributed by atoms with Crippen LogP contribution in [0, 0.1) is 11.7 Å². The van der Waals surface area contributed by atoms with E-state index >= 15 is 4.39 Å². The first-order valence-electron chi connectivity index (χ1n) is 16.5. The van der Waals surface area contributed by atoms with E-state index in [9.17, 15) is 14.4 Å². The third-order valence-corrected chi connectivity index (χ3v) is 9.47. The van der Waals surface area contributed by atoms with Crippen LogP contribution in [0.1, 0.15) is 27.1 Å². The molecule has 3 aromatic carbocycles. The average Bonchev–Trinajstić information content (AvgIpc) is 3.08. The minimum Gasteiger partial charge on any atom is -0.374 e. The number of anilines is 3.